The Morgan fingerprint density at radius 3 is 2.44 bits per heavy atom. The quantitative estimate of drug-likeness (QED) is 0.540. The zero-order valence-corrected chi connectivity index (χ0v) is 9.07. The maximum absolute atomic E-state index is 5.32. The smallest absolute Gasteiger partial charge is 0.140 e. The van der Waals surface area contributed by atoms with Crippen LogP contribution in [0.3, 0.4) is 0 Å². The summed E-state index contributed by atoms with van der Waals surface area (Å²) >= 11 is 0. The largest absolute Gasteiger partial charge is 0.388 e. The van der Waals surface area contributed by atoms with E-state index in [0.29, 0.717) is 5.82 Å². The monoisotopic (exact) mass is 214 g/mol. The van der Waals surface area contributed by atoms with Gasteiger partial charge in [0.05, 0.1) is 0 Å². The fourth-order valence-corrected chi connectivity index (χ4v) is 1.52. The molecule has 0 aliphatic heterocycles. The predicted octanol–water partition coefficient (Wildman–Crippen LogP) is 2.08. The number of nitrogen functional groups attached to an aromatic ring is 1. The van der Waals surface area contributed by atoms with Crippen molar-refractivity contribution >= 4 is 11.5 Å². The average molecular weight is 214 g/mol. The van der Waals surface area contributed by atoms with Gasteiger partial charge in [0, 0.05) is 18.9 Å². The molecule has 1 heterocycles. The molecule has 2 aromatic rings. The van der Waals surface area contributed by atoms with Gasteiger partial charge in [0.15, 0.2) is 0 Å². The molecule has 0 saturated heterocycles. The van der Waals surface area contributed by atoms with Crippen LogP contribution in [0, 0.1) is 0 Å². The van der Waals surface area contributed by atoms with Gasteiger partial charge < -0.3 is 10.7 Å². The van der Waals surface area contributed by atoms with Crippen LogP contribution in [0.5, 0.6) is 0 Å². The summed E-state index contributed by atoms with van der Waals surface area (Å²) in [5.41, 5.74) is 5.85. The molecular weight excluding hydrogens is 200 g/mol. The van der Waals surface area contributed by atoms with E-state index < -0.39 is 0 Å². The second-order valence-electron chi connectivity index (χ2n) is 3.40. The molecule has 0 radical (unpaired) electrons. The van der Waals surface area contributed by atoms with Crippen molar-refractivity contribution in [2.45, 2.75) is 0 Å². The molecule has 0 saturated carbocycles. The Morgan fingerprint density at radius 2 is 1.81 bits per heavy atom. The first kappa shape index (κ1) is 10.4. The van der Waals surface area contributed by atoms with Crippen LogP contribution in [0.2, 0.25) is 0 Å². The summed E-state index contributed by atoms with van der Waals surface area (Å²) in [5, 5.41) is 3.08. The molecule has 1 aromatic heterocycles. The van der Waals surface area contributed by atoms with E-state index in [4.69, 9.17) is 5.84 Å². The molecule has 82 valence electrons. The average Bonchev–Trinajstić information content (AvgIpc) is 2.39. The van der Waals surface area contributed by atoms with Crippen LogP contribution in [0.25, 0.3) is 11.1 Å². The molecule has 0 aliphatic carbocycles. The van der Waals surface area contributed by atoms with Crippen LogP contribution in [0.4, 0.5) is 11.5 Å². The van der Waals surface area contributed by atoms with Crippen molar-refractivity contribution < 1.29 is 0 Å². The minimum atomic E-state index is 0.662. The van der Waals surface area contributed by atoms with Gasteiger partial charge in [-0.05, 0) is 35.4 Å². The van der Waals surface area contributed by atoms with E-state index in [9.17, 15) is 0 Å². The molecule has 0 spiro atoms. The molecule has 1 aromatic carbocycles. The maximum atomic E-state index is 5.32. The second-order valence-corrected chi connectivity index (χ2v) is 3.40. The number of nitrogens with one attached hydrogen (secondary N) is 2. The van der Waals surface area contributed by atoms with Crippen LogP contribution in [0.15, 0.2) is 42.6 Å². The van der Waals surface area contributed by atoms with Crippen LogP contribution < -0.4 is 16.6 Å². The van der Waals surface area contributed by atoms with Crippen molar-refractivity contribution in [3.8, 4) is 11.1 Å². The van der Waals surface area contributed by atoms with Gasteiger partial charge in [-0.15, -0.1) is 0 Å². The highest BCUT2D eigenvalue weighted by Gasteiger charge is 1.99. The van der Waals surface area contributed by atoms with Gasteiger partial charge in [-0.2, -0.15) is 0 Å². The van der Waals surface area contributed by atoms with Crippen molar-refractivity contribution in [2.24, 2.45) is 5.84 Å². The summed E-state index contributed by atoms with van der Waals surface area (Å²) < 4.78 is 0. The Labute approximate surface area is 94.5 Å². The summed E-state index contributed by atoms with van der Waals surface area (Å²) in [7, 11) is 1.90. The highest BCUT2D eigenvalue weighted by Crippen LogP contribution is 2.22. The number of nitrogens with zero attached hydrogens (tertiary/aromatic N) is 1. The third kappa shape index (κ3) is 2.12. The standard InChI is InChI=1S/C12H14N4/c1-14-11-4-2-9(3-5-11)10-6-7-15-12(8-10)16-13/h2-8,14H,13H2,1H3,(H,15,16). The lowest BCUT2D eigenvalue weighted by atomic mass is 10.1. The molecular formula is C12H14N4. The van der Waals surface area contributed by atoms with Gasteiger partial charge in [0.25, 0.3) is 0 Å². The SMILES string of the molecule is CNc1ccc(-c2ccnc(NN)c2)cc1. The highest BCUT2D eigenvalue weighted by atomic mass is 15.2. The summed E-state index contributed by atoms with van der Waals surface area (Å²) in [4.78, 5) is 4.07. The topological polar surface area (TPSA) is 63.0 Å². The first-order chi connectivity index (χ1) is 7.83. The third-order valence-corrected chi connectivity index (χ3v) is 2.41. The fourth-order valence-electron chi connectivity index (χ4n) is 1.52. The van der Waals surface area contributed by atoms with Gasteiger partial charge in [-0.3, -0.25) is 0 Å². The first-order valence-electron chi connectivity index (χ1n) is 5.04. The molecule has 0 atom stereocenters. The summed E-state index contributed by atoms with van der Waals surface area (Å²) in [6.07, 6.45) is 1.73. The number of benzene rings is 1. The fraction of sp³-hybridized carbons (Fsp3) is 0.0833. The van der Waals surface area contributed by atoms with E-state index in [2.05, 4.69) is 27.9 Å². The number of aromatic nitrogens is 1. The number of nitrogens with two attached hydrogens (primary N) is 1. The van der Waals surface area contributed by atoms with Crippen molar-refractivity contribution in [3.05, 3.63) is 42.6 Å². The Bertz CT molecular complexity index is 465. The Morgan fingerprint density at radius 1 is 1.06 bits per heavy atom. The van der Waals surface area contributed by atoms with E-state index >= 15 is 0 Å². The number of hydrogen-bond acceptors (Lipinski definition) is 4. The van der Waals surface area contributed by atoms with Gasteiger partial charge in [0.2, 0.25) is 0 Å². The molecule has 4 nitrogen and oxygen atoms in total. The zero-order chi connectivity index (χ0) is 11.4. The van der Waals surface area contributed by atoms with E-state index in [1.54, 1.807) is 6.20 Å². The lowest BCUT2D eigenvalue weighted by molar-refractivity contribution is 1.23. The van der Waals surface area contributed by atoms with Crippen LogP contribution in [0.1, 0.15) is 0 Å². The van der Waals surface area contributed by atoms with Crippen molar-refractivity contribution in [1.82, 2.24) is 4.98 Å². The lowest BCUT2D eigenvalue weighted by Gasteiger charge is -2.05. The van der Waals surface area contributed by atoms with E-state index in [-0.39, 0.29) is 0 Å². The van der Waals surface area contributed by atoms with Crippen molar-refractivity contribution in [1.29, 1.82) is 0 Å². The second kappa shape index (κ2) is 4.63. The molecule has 4 heteroatoms. The van der Waals surface area contributed by atoms with Crippen LogP contribution in [-0.2, 0) is 0 Å². The lowest BCUT2D eigenvalue weighted by Crippen LogP contribution is -2.08. The number of rotatable bonds is 3. The minimum absolute atomic E-state index is 0.662. The predicted molar refractivity (Wildman–Crippen MR) is 67.0 cm³/mol. The highest BCUT2D eigenvalue weighted by molar-refractivity contribution is 5.68. The van der Waals surface area contributed by atoms with Gasteiger partial charge >= 0.3 is 0 Å². The van der Waals surface area contributed by atoms with Gasteiger partial charge in [-0.1, -0.05) is 12.1 Å². The number of pyridine rings is 1. The molecule has 0 amide bonds. The van der Waals surface area contributed by atoms with Crippen molar-refractivity contribution in [3.63, 3.8) is 0 Å². The number of hydrazine groups is 1. The molecule has 0 aliphatic rings. The Kier molecular flexibility index (Phi) is 3.03. The summed E-state index contributed by atoms with van der Waals surface area (Å²) in [6.45, 7) is 0. The Hall–Kier alpha value is -2.07. The van der Waals surface area contributed by atoms with E-state index in [1.165, 1.54) is 0 Å². The normalized spacial score (nSPS) is 9.88. The summed E-state index contributed by atoms with van der Waals surface area (Å²) in [5.74, 6) is 5.98. The van der Waals surface area contributed by atoms with E-state index in [0.717, 1.165) is 16.8 Å². The maximum Gasteiger partial charge on any atom is 0.140 e. The van der Waals surface area contributed by atoms with E-state index in [1.807, 2.05) is 31.3 Å². The molecule has 16 heavy (non-hydrogen) atoms. The Balaban J connectivity index is 2.34. The molecule has 2 rings (SSSR count). The van der Waals surface area contributed by atoms with Gasteiger partial charge in [-0.25, -0.2) is 10.8 Å². The molecule has 4 N–H and O–H groups in total. The summed E-state index contributed by atoms with van der Waals surface area (Å²) in [6, 6.07) is 12.0. The minimum Gasteiger partial charge on any atom is -0.388 e. The molecule has 0 unspecified atom stereocenters. The number of anilines is 2. The number of hydrogen-bond donors (Lipinski definition) is 3. The van der Waals surface area contributed by atoms with Crippen molar-refractivity contribution in [2.75, 3.05) is 17.8 Å². The van der Waals surface area contributed by atoms with Crippen LogP contribution in [-0.4, -0.2) is 12.0 Å². The van der Waals surface area contributed by atoms with Gasteiger partial charge in [0.1, 0.15) is 5.82 Å². The van der Waals surface area contributed by atoms with Crippen LogP contribution >= 0.6 is 0 Å². The zero-order valence-electron chi connectivity index (χ0n) is 9.07. The third-order valence-electron chi connectivity index (χ3n) is 2.41. The first-order valence-corrected chi connectivity index (χ1v) is 5.04. The molecule has 0 bridgehead atoms. The molecule has 0 fully saturated rings.